The van der Waals surface area contributed by atoms with Gasteiger partial charge in [-0.2, -0.15) is 5.10 Å². The summed E-state index contributed by atoms with van der Waals surface area (Å²) < 4.78 is 28.6. The number of rotatable bonds is 5. The topological polar surface area (TPSA) is 55.9 Å². The van der Waals surface area contributed by atoms with Crippen LogP contribution in [0.1, 0.15) is 23.7 Å². The third kappa shape index (κ3) is 3.05. The van der Waals surface area contributed by atoms with E-state index in [9.17, 15) is 8.78 Å². The first kappa shape index (κ1) is 15.1. The molecule has 0 fully saturated rings. The van der Waals surface area contributed by atoms with Gasteiger partial charge >= 0.3 is 0 Å². The van der Waals surface area contributed by atoms with Crippen LogP contribution in [0.5, 0.6) is 0 Å². The molecule has 1 aromatic heterocycles. The number of hydrogen-bond donors (Lipinski definition) is 2. The Morgan fingerprint density at radius 2 is 2.15 bits per heavy atom. The summed E-state index contributed by atoms with van der Waals surface area (Å²) in [5.74, 6) is 3.74. The highest BCUT2D eigenvalue weighted by atomic mass is 79.9. The normalized spacial score (nSPS) is 12.7. The molecule has 0 saturated carbocycles. The number of hydrogen-bond acceptors (Lipinski definition) is 3. The van der Waals surface area contributed by atoms with E-state index in [1.807, 2.05) is 13.1 Å². The van der Waals surface area contributed by atoms with Crippen LogP contribution >= 0.6 is 15.9 Å². The SMILES string of the molecule is Cn1nccc1CCC(NN)c1ccc(F)c(F)c1Br. The lowest BCUT2D eigenvalue weighted by atomic mass is 10.0. The molecule has 4 nitrogen and oxygen atoms in total. The van der Waals surface area contributed by atoms with Gasteiger partial charge in [-0.25, -0.2) is 8.78 Å². The Hall–Kier alpha value is -1.31. The number of aryl methyl sites for hydroxylation is 2. The van der Waals surface area contributed by atoms with Gasteiger partial charge < -0.3 is 0 Å². The molecule has 20 heavy (non-hydrogen) atoms. The smallest absolute Gasteiger partial charge is 0.173 e. The summed E-state index contributed by atoms with van der Waals surface area (Å²) in [6.45, 7) is 0. The maximum absolute atomic E-state index is 13.6. The van der Waals surface area contributed by atoms with E-state index in [4.69, 9.17) is 5.84 Å². The maximum Gasteiger partial charge on any atom is 0.173 e. The number of aromatic nitrogens is 2. The predicted molar refractivity (Wildman–Crippen MR) is 75.7 cm³/mol. The molecule has 0 amide bonds. The van der Waals surface area contributed by atoms with Crippen LogP contribution in [0.15, 0.2) is 28.9 Å². The molecule has 0 saturated heterocycles. The lowest BCUT2D eigenvalue weighted by Gasteiger charge is -2.18. The van der Waals surface area contributed by atoms with E-state index in [0.717, 1.165) is 18.2 Å². The first-order chi connectivity index (χ1) is 9.54. The van der Waals surface area contributed by atoms with E-state index in [1.54, 1.807) is 10.9 Å². The van der Waals surface area contributed by atoms with E-state index in [0.29, 0.717) is 12.0 Å². The van der Waals surface area contributed by atoms with Crippen molar-refractivity contribution in [1.82, 2.24) is 15.2 Å². The van der Waals surface area contributed by atoms with Gasteiger partial charge in [0.25, 0.3) is 0 Å². The predicted octanol–water partition coefficient (Wildman–Crippen LogP) is 2.60. The molecule has 0 aliphatic carbocycles. The highest BCUT2D eigenvalue weighted by Crippen LogP contribution is 2.29. The Balaban J connectivity index is 2.16. The zero-order valence-electron chi connectivity index (χ0n) is 10.9. The van der Waals surface area contributed by atoms with Crippen LogP contribution in [0.25, 0.3) is 0 Å². The van der Waals surface area contributed by atoms with E-state index >= 15 is 0 Å². The van der Waals surface area contributed by atoms with Crippen LogP contribution in [-0.4, -0.2) is 9.78 Å². The van der Waals surface area contributed by atoms with Gasteiger partial charge in [-0.05, 0) is 46.5 Å². The van der Waals surface area contributed by atoms with Crippen LogP contribution in [0.3, 0.4) is 0 Å². The zero-order chi connectivity index (χ0) is 14.7. The number of benzene rings is 1. The summed E-state index contributed by atoms with van der Waals surface area (Å²) in [6, 6.07) is 4.25. The van der Waals surface area contributed by atoms with Crippen LogP contribution in [0, 0.1) is 11.6 Å². The van der Waals surface area contributed by atoms with E-state index in [2.05, 4.69) is 26.5 Å². The molecule has 7 heteroatoms. The van der Waals surface area contributed by atoms with Crippen molar-refractivity contribution >= 4 is 15.9 Å². The van der Waals surface area contributed by atoms with Gasteiger partial charge in [0.2, 0.25) is 0 Å². The molecule has 2 aromatic rings. The minimum atomic E-state index is -0.900. The molecule has 0 aliphatic heterocycles. The molecule has 1 aromatic carbocycles. The van der Waals surface area contributed by atoms with Gasteiger partial charge in [0.05, 0.1) is 4.47 Å². The Bertz CT molecular complexity index is 600. The molecule has 0 aliphatic rings. The summed E-state index contributed by atoms with van der Waals surface area (Å²) in [6.07, 6.45) is 3.07. The van der Waals surface area contributed by atoms with Crippen LogP contribution < -0.4 is 11.3 Å². The van der Waals surface area contributed by atoms with Gasteiger partial charge in [-0.3, -0.25) is 16.0 Å². The van der Waals surface area contributed by atoms with E-state index in [1.165, 1.54) is 6.07 Å². The molecule has 0 bridgehead atoms. The molecule has 3 N–H and O–H groups in total. The van der Waals surface area contributed by atoms with Crippen molar-refractivity contribution in [3.8, 4) is 0 Å². The number of nitrogens with one attached hydrogen (secondary N) is 1. The average Bonchev–Trinajstić information content (AvgIpc) is 2.84. The quantitative estimate of drug-likeness (QED) is 0.498. The van der Waals surface area contributed by atoms with Crippen molar-refractivity contribution in [2.75, 3.05) is 0 Å². The van der Waals surface area contributed by atoms with Crippen LogP contribution in [0.2, 0.25) is 0 Å². The van der Waals surface area contributed by atoms with Crippen molar-refractivity contribution in [2.24, 2.45) is 12.9 Å². The highest BCUT2D eigenvalue weighted by molar-refractivity contribution is 9.10. The molecule has 0 spiro atoms. The Morgan fingerprint density at radius 3 is 2.75 bits per heavy atom. The monoisotopic (exact) mass is 344 g/mol. The lowest BCUT2D eigenvalue weighted by Crippen LogP contribution is -2.29. The average molecular weight is 345 g/mol. The van der Waals surface area contributed by atoms with Crippen molar-refractivity contribution < 1.29 is 8.78 Å². The van der Waals surface area contributed by atoms with Gasteiger partial charge in [0.15, 0.2) is 11.6 Å². The minimum absolute atomic E-state index is 0.102. The Kier molecular flexibility index (Phi) is 4.85. The summed E-state index contributed by atoms with van der Waals surface area (Å²) in [4.78, 5) is 0. The second-order valence-electron chi connectivity index (χ2n) is 4.47. The number of hydrazine groups is 1. The molecular weight excluding hydrogens is 330 g/mol. The lowest BCUT2D eigenvalue weighted by molar-refractivity contribution is 0.479. The summed E-state index contributed by atoms with van der Waals surface area (Å²) in [7, 11) is 1.85. The minimum Gasteiger partial charge on any atom is -0.273 e. The fourth-order valence-electron chi connectivity index (χ4n) is 2.08. The third-order valence-corrected chi connectivity index (χ3v) is 4.06. The maximum atomic E-state index is 13.6. The van der Waals surface area contributed by atoms with Crippen molar-refractivity contribution in [3.63, 3.8) is 0 Å². The standard InChI is InChI=1S/C13H15BrF2N4/c1-20-8(6-7-18-20)2-5-11(19-17)9-3-4-10(15)13(16)12(9)14/h3-4,6-7,11,19H,2,5,17H2,1H3. The van der Waals surface area contributed by atoms with Crippen molar-refractivity contribution in [3.05, 3.63) is 51.8 Å². The second-order valence-corrected chi connectivity index (χ2v) is 5.26. The van der Waals surface area contributed by atoms with Gasteiger partial charge in [-0.1, -0.05) is 6.07 Å². The van der Waals surface area contributed by atoms with E-state index < -0.39 is 11.6 Å². The summed E-state index contributed by atoms with van der Waals surface area (Å²) in [5, 5.41) is 4.08. The third-order valence-electron chi connectivity index (χ3n) is 3.25. The first-order valence-electron chi connectivity index (χ1n) is 6.11. The van der Waals surface area contributed by atoms with E-state index in [-0.39, 0.29) is 10.5 Å². The zero-order valence-corrected chi connectivity index (χ0v) is 12.5. The number of nitrogens with zero attached hydrogens (tertiary/aromatic N) is 2. The number of nitrogens with two attached hydrogens (primary N) is 1. The Morgan fingerprint density at radius 1 is 1.40 bits per heavy atom. The molecule has 2 rings (SSSR count). The van der Waals surface area contributed by atoms with Crippen molar-refractivity contribution in [1.29, 1.82) is 0 Å². The fraction of sp³-hybridized carbons (Fsp3) is 0.308. The fourth-order valence-corrected chi connectivity index (χ4v) is 2.68. The highest BCUT2D eigenvalue weighted by Gasteiger charge is 2.18. The van der Waals surface area contributed by atoms with Gasteiger partial charge in [0, 0.05) is 25.0 Å². The van der Waals surface area contributed by atoms with Crippen LogP contribution in [0.4, 0.5) is 8.78 Å². The molecule has 108 valence electrons. The van der Waals surface area contributed by atoms with Gasteiger partial charge in [-0.15, -0.1) is 0 Å². The molecule has 1 heterocycles. The summed E-state index contributed by atoms with van der Waals surface area (Å²) in [5.41, 5.74) is 4.28. The Labute approximate surface area is 124 Å². The van der Waals surface area contributed by atoms with Gasteiger partial charge in [0.1, 0.15) is 0 Å². The molecular formula is C13H15BrF2N4. The van der Waals surface area contributed by atoms with Crippen molar-refractivity contribution in [2.45, 2.75) is 18.9 Å². The molecule has 1 unspecified atom stereocenters. The van der Waals surface area contributed by atoms with Crippen LogP contribution in [-0.2, 0) is 13.5 Å². The first-order valence-corrected chi connectivity index (χ1v) is 6.90. The molecule has 0 radical (unpaired) electrons. The molecule has 1 atom stereocenters. The number of halogens is 3. The largest absolute Gasteiger partial charge is 0.273 e. The second kappa shape index (κ2) is 6.43. The summed E-state index contributed by atoms with van der Waals surface area (Å²) >= 11 is 3.08.